The molecule has 0 saturated carbocycles. The third kappa shape index (κ3) is 5.15. The lowest BCUT2D eigenvalue weighted by atomic mass is 10.2. The van der Waals surface area contributed by atoms with Gasteiger partial charge >= 0.3 is 6.03 Å². The number of primary amides is 1. The maximum atomic E-state index is 11.6. The summed E-state index contributed by atoms with van der Waals surface area (Å²) in [6.45, 7) is 2.48. The van der Waals surface area contributed by atoms with Crippen molar-refractivity contribution in [3.63, 3.8) is 0 Å². The summed E-state index contributed by atoms with van der Waals surface area (Å²) in [6.07, 6.45) is 0. The SMILES string of the molecule is COCCOc1ccccc1NC(C)C(=O)NC(N)=O. The molecule has 1 rings (SSSR count). The first kappa shape index (κ1) is 15.8. The van der Waals surface area contributed by atoms with E-state index in [-0.39, 0.29) is 0 Å². The van der Waals surface area contributed by atoms with E-state index in [2.05, 4.69) is 5.32 Å². The molecule has 0 aliphatic heterocycles. The highest BCUT2D eigenvalue weighted by Gasteiger charge is 2.15. The molecular weight excluding hydrogens is 262 g/mol. The zero-order valence-corrected chi connectivity index (χ0v) is 11.5. The highest BCUT2D eigenvalue weighted by Crippen LogP contribution is 2.24. The first-order valence-electron chi connectivity index (χ1n) is 6.12. The molecule has 110 valence electrons. The highest BCUT2D eigenvalue weighted by atomic mass is 16.5. The van der Waals surface area contributed by atoms with Gasteiger partial charge in [0.2, 0.25) is 5.91 Å². The van der Waals surface area contributed by atoms with E-state index >= 15 is 0 Å². The van der Waals surface area contributed by atoms with E-state index in [9.17, 15) is 9.59 Å². The number of hydrogen-bond acceptors (Lipinski definition) is 5. The zero-order chi connectivity index (χ0) is 15.0. The lowest BCUT2D eigenvalue weighted by Gasteiger charge is -2.17. The van der Waals surface area contributed by atoms with Gasteiger partial charge in [-0.05, 0) is 19.1 Å². The number of rotatable bonds is 7. The summed E-state index contributed by atoms with van der Waals surface area (Å²) >= 11 is 0. The van der Waals surface area contributed by atoms with Crippen molar-refractivity contribution in [1.82, 2.24) is 5.32 Å². The fraction of sp³-hybridized carbons (Fsp3) is 0.385. The molecule has 1 aromatic rings. The van der Waals surface area contributed by atoms with Crippen LogP contribution < -0.4 is 21.1 Å². The summed E-state index contributed by atoms with van der Waals surface area (Å²) in [6, 6.07) is 5.67. The molecule has 0 aliphatic rings. The van der Waals surface area contributed by atoms with Gasteiger partial charge in [0.25, 0.3) is 0 Å². The molecular formula is C13H19N3O4. The second kappa shape index (κ2) is 8.00. The third-order valence-electron chi connectivity index (χ3n) is 2.44. The van der Waals surface area contributed by atoms with Crippen LogP contribution in [0, 0.1) is 0 Å². The lowest BCUT2D eigenvalue weighted by Crippen LogP contribution is -2.43. The fourth-order valence-electron chi connectivity index (χ4n) is 1.48. The zero-order valence-electron chi connectivity index (χ0n) is 11.5. The van der Waals surface area contributed by atoms with Gasteiger partial charge in [-0.1, -0.05) is 12.1 Å². The monoisotopic (exact) mass is 281 g/mol. The van der Waals surface area contributed by atoms with Crippen molar-refractivity contribution in [2.24, 2.45) is 5.73 Å². The van der Waals surface area contributed by atoms with Crippen LogP contribution in [0.3, 0.4) is 0 Å². The fourth-order valence-corrected chi connectivity index (χ4v) is 1.48. The summed E-state index contributed by atoms with van der Waals surface area (Å²) < 4.78 is 10.4. The Labute approximate surface area is 117 Å². The van der Waals surface area contributed by atoms with Gasteiger partial charge in [-0.25, -0.2) is 4.79 Å². The van der Waals surface area contributed by atoms with Crippen molar-refractivity contribution in [2.75, 3.05) is 25.6 Å². The van der Waals surface area contributed by atoms with Crippen LogP contribution >= 0.6 is 0 Å². The van der Waals surface area contributed by atoms with Gasteiger partial charge in [-0.15, -0.1) is 0 Å². The van der Waals surface area contributed by atoms with E-state index in [4.69, 9.17) is 15.2 Å². The number of imide groups is 1. The Hall–Kier alpha value is -2.28. The first-order chi connectivity index (χ1) is 9.54. The van der Waals surface area contributed by atoms with Crippen molar-refractivity contribution in [2.45, 2.75) is 13.0 Å². The summed E-state index contributed by atoms with van der Waals surface area (Å²) in [4.78, 5) is 22.2. The van der Waals surface area contributed by atoms with Crippen LogP contribution in [0.5, 0.6) is 5.75 Å². The smallest absolute Gasteiger partial charge is 0.318 e. The van der Waals surface area contributed by atoms with Crippen molar-refractivity contribution >= 4 is 17.6 Å². The molecule has 3 amide bonds. The molecule has 0 bridgehead atoms. The van der Waals surface area contributed by atoms with Crippen LogP contribution in [0.4, 0.5) is 10.5 Å². The van der Waals surface area contributed by atoms with Crippen LogP contribution in [0.2, 0.25) is 0 Å². The number of urea groups is 1. The Morgan fingerprint density at radius 2 is 2.00 bits per heavy atom. The maximum Gasteiger partial charge on any atom is 0.318 e. The quantitative estimate of drug-likeness (QED) is 0.639. The van der Waals surface area contributed by atoms with Gasteiger partial charge in [0.15, 0.2) is 0 Å². The van der Waals surface area contributed by atoms with E-state index in [1.807, 2.05) is 17.4 Å². The van der Waals surface area contributed by atoms with E-state index in [0.29, 0.717) is 24.7 Å². The van der Waals surface area contributed by atoms with E-state index < -0.39 is 18.0 Å². The number of amides is 3. The molecule has 0 fully saturated rings. The average molecular weight is 281 g/mol. The van der Waals surface area contributed by atoms with Gasteiger partial charge in [-0.2, -0.15) is 0 Å². The maximum absolute atomic E-state index is 11.6. The summed E-state index contributed by atoms with van der Waals surface area (Å²) in [7, 11) is 1.59. The number of nitrogens with two attached hydrogens (primary N) is 1. The molecule has 0 aliphatic carbocycles. The number of anilines is 1. The number of carbonyl (C=O) groups excluding carboxylic acids is 2. The Balaban J connectivity index is 2.66. The first-order valence-corrected chi connectivity index (χ1v) is 6.12. The number of para-hydroxylation sites is 2. The van der Waals surface area contributed by atoms with Crippen LogP contribution in [-0.4, -0.2) is 38.3 Å². The van der Waals surface area contributed by atoms with Crippen LogP contribution in [0.25, 0.3) is 0 Å². The predicted molar refractivity (Wildman–Crippen MR) is 74.6 cm³/mol. The molecule has 0 spiro atoms. The molecule has 0 aromatic heterocycles. The van der Waals surface area contributed by atoms with E-state index in [1.165, 1.54) is 0 Å². The van der Waals surface area contributed by atoms with Crippen LogP contribution in [-0.2, 0) is 9.53 Å². The number of nitrogens with one attached hydrogen (secondary N) is 2. The Bertz CT molecular complexity index is 465. The van der Waals surface area contributed by atoms with Crippen LogP contribution in [0.15, 0.2) is 24.3 Å². The molecule has 0 heterocycles. The number of hydrogen-bond donors (Lipinski definition) is 3. The molecule has 1 unspecified atom stereocenters. The Morgan fingerprint density at radius 1 is 1.30 bits per heavy atom. The topological polar surface area (TPSA) is 103 Å². The Morgan fingerprint density at radius 3 is 2.65 bits per heavy atom. The molecule has 0 saturated heterocycles. The van der Waals surface area contributed by atoms with Crippen molar-refractivity contribution in [3.8, 4) is 5.75 Å². The minimum Gasteiger partial charge on any atom is -0.489 e. The standard InChI is InChI=1S/C13H19N3O4/c1-9(12(17)16-13(14)18)15-10-5-3-4-6-11(10)20-8-7-19-2/h3-6,9,15H,7-8H2,1-2H3,(H3,14,16,17,18). The van der Waals surface area contributed by atoms with E-state index in [0.717, 1.165) is 0 Å². The average Bonchev–Trinajstić information content (AvgIpc) is 2.40. The Kier molecular flexibility index (Phi) is 6.31. The highest BCUT2D eigenvalue weighted by molar-refractivity contribution is 5.97. The molecule has 7 nitrogen and oxygen atoms in total. The van der Waals surface area contributed by atoms with Crippen molar-refractivity contribution in [3.05, 3.63) is 24.3 Å². The normalized spacial score (nSPS) is 11.5. The summed E-state index contributed by atoms with van der Waals surface area (Å²) in [5.41, 5.74) is 5.55. The van der Waals surface area contributed by atoms with E-state index in [1.54, 1.807) is 26.2 Å². The van der Waals surface area contributed by atoms with Crippen LogP contribution in [0.1, 0.15) is 6.92 Å². The molecule has 0 radical (unpaired) electrons. The second-order valence-corrected chi connectivity index (χ2v) is 4.06. The molecule has 1 aromatic carbocycles. The number of benzene rings is 1. The number of carbonyl (C=O) groups is 2. The third-order valence-corrected chi connectivity index (χ3v) is 2.44. The van der Waals surface area contributed by atoms with Gasteiger partial charge < -0.3 is 20.5 Å². The minimum absolute atomic E-state index is 0.400. The van der Waals surface area contributed by atoms with Gasteiger partial charge in [0, 0.05) is 7.11 Å². The predicted octanol–water partition coefficient (Wildman–Crippen LogP) is 0.707. The van der Waals surface area contributed by atoms with Crippen molar-refractivity contribution in [1.29, 1.82) is 0 Å². The molecule has 7 heteroatoms. The molecule has 1 atom stereocenters. The van der Waals surface area contributed by atoms with Gasteiger partial charge in [-0.3, -0.25) is 10.1 Å². The van der Waals surface area contributed by atoms with Gasteiger partial charge in [0.1, 0.15) is 18.4 Å². The molecule has 20 heavy (non-hydrogen) atoms. The van der Waals surface area contributed by atoms with Crippen molar-refractivity contribution < 1.29 is 19.1 Å². The van der Waals surface area contributed by atoms with Gasteiger partial charge in [0.05, 0.1) is 12.3 Å². The summed E-state index contributed by atoms with van der Waals surface area (Å²) in [5.74, 6) is 0.0902. The minimum atomic E-state index is -0.881. The second-order valence-electron chi connectivity index (χ2n) is 4.06. The number of methoxy groups -OCH3 is 1. The number of ether oxygens (including phenoxy) is 2. The molecule has 4 N–H and O–H groups in total. The largest absolute Gasteiger partial charge is 0.489 e. The lowest BCUT2D eigenvalue weighted by molar-refractivity contribution is -0.120. The summed E-state index contributed by atoms with van der Waals surface area (Å²) in [5, 5.41) is 4.97.